The molecule has 1 radical (unpaired) electrons. The monoisotopic (exact) mass is 279 g/mol. The molecule has 0 saturated heterocycles. The zero-order valence-corrected chi connectivity index (χ0v) is 11.2. The lowest BCUT2D eigenvalue weighted by atomic mass is 10.0. The molecule has 21 heavy (non-hydrogen) atoms. The van der Waals surface area contributed by atoms with E-state index in [0.717, 1.165) is 0 Å². The van der Waals surface area contributed by atoms with Gasteiger partial charge in [0.2, 0.25) is 0 Å². The van der Waals surface area contributed by atoms with Crippen molar-refractivity contribution >= 4 is 5.69 Å². The van der Waals surface area contributed by atoms with Crippen LogP contribution in [0.3, 0.4) is 0 Å². The molecule has 0 saturated carbocycles. The van der Waals surface area contributed by atoms with Crippen LogP contribution in [0, 0.1) is 23.1 Å². The zero-order valence-electron chi connectivity index (χ0n) is 11.2. The minimum Gasteiger partial charge on any atom is -0.258 e. The second-order valence-electron chi connectivity index (χ2n) is 4.48. The van der Waals surface area contributed by atoms with Gasteiger partial charge in [-0.3, -0.25) is 10.1 Å². The van der Waals surface area contributed by atoms with Crippen LogP contribution in [0.15, 0.2) is 48.9 Å². The number of aryl methyl sites for hydroxylation is 1. The quantitative estimate of drug-likeness (QED) is 0.545. The summed E-state index contributed by atoms with van der Waals surface area (Å²) in [7, 11) is 0. The molecule has 0 aliphatic carbocycles. The summed E-state index contributed by atoms with van der Waals surface area (Å²) in [6.45, 7) is 1.67. The van der Waals surface area contributed by atoms with Gasteiger partial charge in [0, 0.05) is 29.7 Å². The van der Waals surface area contributed by atoms with Crippen molar-refractivity contribution in [2.75, 3.05) is 0 Å². The van der Waals surface area contributed by atoms with Crippen molar-refractivity contribution in [2.24, 2.45) is 0 Å². The Balaban J connectivity index is 2.06. The van der Waals surface area contributed by atoms with Gasteiger partial charge in [0.1, 0.15) is 0 Å². The van der Waals surface area contributed by atoms with Crippen LogP contribution >= 0.6 is 0 Å². The van der Waals surface area contributed by atoms with Gasteiger partial charge < -0.3 is 0 Å². The maximum absolute atomic E-state index is 11.2. The van der Waals surface area contributed by atoms with Crippen molar-refractivity contribution in [2.45, 2.75) is 6.92 Å². The summed E-state index contributed by atoms with van der Waals surface area (Å²) in [4.78, 5) is 15.1. The molecule has 0 atom stereocenters. The van der Waals surface area contributed by atoms with E-state index in [1.807, 2.05) is 0 Å². The standard InChI is InChI=1S/C15H11N4O2/c1-11-4-2-5-13(15(11)19(20)21)12-6-7-14(16-10-12)18-9-3-8-17-18/h2-3,5-10H,1H3. The predicted molar refractivity (Wildman–Crippen MR) is 77.0 cm³/mol. The average Bonchev–Trinajstić information content (AvgIpc) is 3.01. The molecule has 0 amide bonds. The van der Waals surface area contributed by atoms with E-state index in [9.17, 15) is 10.1 Å². The molecule has 2 heterocycles. The van der Waals surface area contributed by atoms with E-state index >= 15 is 0 Å². The number of pyridine rings is 1. The van der Waals surface area contributed by atoms with Crippen molar-refractivity contribution in [3.63, 3.8) is 0 Å². The molecule has 0 bridgehead atoms. The molecule has 0 fully saturated rings. The number of nitrogens with zero attached hydrogens (tertiary/aromatic N) is 4. The number of rotatable bonds is 3. The number of nitro groups is 1. The summed E-state index contributed by atoms with van der Waals surface area (Å²) in [5.74, 6) is 0.658. The van der Waals surface area contributed by atoms with Crippen LogP contribution in [0.4, 0.5) is 5.69 Å². The molecular formula is C15H11N4O2. The SMILES string of the molecule is Cc1[c]ccc(-c2ccc(-n3cccn3)nc2)c1[N+](=O)[O-]. The first-order valence-electron chi connectivity index (χ1n) is 6.29. The van der Waals surface area contributed by atoms with Crippen molar-refractivity contribution < 1.29 is 4.92 Å². The van der Waals surface area contributed by atoms with Gasteiger partial charge in [-0.05, 0) is 37.3 Å². The van der Waals surface area contributed by atoms with Crippen LogP contribution in [0.2, 0.25) is 0 Å². The Kier molecular flexibility index (Phi) is 3.19. The maximum atomic E-state index is 11.2. The maximum Gasteiger partial charge on any atom is 0.280 e. The van der Waals surface area contributed by atoms with Gasteiger partial charge in [-0.1, -0.05) is 6.07 Å². The highest BCUT2D eigenvalue weighted by Gasteiger charge is 2.18. The van der Waals surface area contributed by atoms with Crippen LogP contribution in [0.5, 0.6) is 0 Å². The van der Waals surface area contributed by atoms with Gasteiger partial charge in [0.15, 0.2) is 5.82 Å². The van der Waals surface area contributed by atoms with E-state index in [4.69, 9.17) is 0 Å². The van der Waals surface area contributed by atoms with Gasteiger partial charge >= 0.3 is 0 Å². The number of hydrogen-bond acceptors (Lipinski definition) is 4. The molecular weight excluding hydrogens is 268 g/mol. The smallest absolute Gasteiger partial charge is 0.258 e. The molecule has 3 aromatic rings. The van der Waals surface area contributed by atoms with Crippen molar-refractivity contribution in [1.82, 2.24) is 14.8 Å². The summed E-state index contributed by atoms with van der Waals surface area (Å²) in [6.07, 6.45) is 5.06. The summed E-state index contributed by atoms with van der Waals surface area (Å²) in [6, 6.07) is 11.6. The lowest BCUT2D eigenvalue weighted by molar-refractivity contribution is -0.384. The molecule has 0 aliphatic heterocycles. The van der Waals surface area contributed by atoms with E-state index in [1.165, 1.54) is 0 Å². The van der Waals surface area contributed by atoms with Gasteiger partial charge in [-0.15, -0.1) is 0 Å². The molecule has 0 spiro atoms. The summed E-state index contributed by atoms with van der Waals surface area (Å²) in [5, 5.41) is 15.3. The predicted octanol–water partition coefficient (Wildman–Crippen LogP) is 2.95. The zero-order chi connectivity index (χ0) is 14.8. The second-order valence-corrected chi connectivity index (χ2v) is 4.48. The third-order valence-corrected chi connectivity index (χ3v) is 3.14. The Labute approximate surface area is 120 Å². The molecule has 103 valence electrons. The van der Waals surface area contributed by atoms with Crippen LogP contribution in [-0.2, 0) is 0 Å². The second kappa shape index (κ2) is 5.16. The lowest BCUT2D eigenvalue weighted by Crippen LogP contribution is -1.99. The minimum atomic E-state index is -0.386. The Hall–Kier alpha value is -3.02. The normalized spacial score (nSPS) is 10.5. The van der Waals surface area contributed by atoms with Crippen LogP contribution in [0.1, 0.15) is 5.56 Å². The first kappa shape index (κ1) is 13.0. The molecule has 0 N–H and O–H groups in total. The third kappa shape index (κ3) is 2.38. The Morgan fingerprint density at radius 2 is 2.19 bits per heavy atom. The summed E-state index contributed by atoms with van der Waals surface area (Å²) >= 11 is 0. The van der Waals surface area contributed by atoms with Crippen LogP contribution in [-0.4, -0.2) is 19.7 Å². The lowest BCUT2D eigenvalue weighted by Gasteiger charge is -2.06. The summed E-state index contributed by atoms with van der Waals surface area (Å²) < 4.78 is 1.63. The molecule has 6 nitrogen and oxygen atoms in total. The van der Waals surface area contributed by atoms with E-state index in [2.05, 4.69) is 16.1 Å². The fourth-order valence-corrected chi connectivity index (χ4v) is 2.15. The largest absolute Gasteiger partial charge is 0.280 e. The highest BCUT2D eigenvalue weighted by Crippen LogP contribution is 2.31. The van der Waals surface area contributed by atoms with E-state index in [0.29, 0.717) is 22.5 Å². The third-order valence-electron chi connectivity index (χ3n) is 3.14. The molecule has 0 aliphatic rings. The molecule has 3 rings (SSSR count). The molecule has 2 aromatic heterocycles. The van der Waals surface area contributed by atoms with Crippen LogP contribution in [0.25, 0.3) is 16.9 Å². The Bertz CT molecular complexity index is 780. The van der Waals surface area contributed by atoms with E-state index < -0.39 is 0 Å². The van der Waals surface area contributed by atoms with Gasteiger partial charge in [0.25, 0.3) is 5.69 Å². The van der Waals surface area contributed by atoms with Crippen molar-refractivity contribution in [1.29, 1.82) is 0 Å². The molecule has 1 aromatic carbocycles. The van der Waals surface area contributed by atoms with Crippen molar-refractivity contribution in [3.05, 3.63) is 70.7 Å². The summed E-state index contributed by atoms with van der Waals surface area (Å²) in [5.41, 5.74) is 1.80. The highest BCUT2D eigenvalue weighted by atomic mass is 16.6. The first-order valence-corrected chi connectivity index (χ1v) is 6.29. The Morgan fingerprint density at radius 1 is 1.33 bits per heavy atom. The number of benzene rings is 1. The number of nitro benzene ring substituents is 1. The van der Waals surface area contributed by atoms with Crippen LogP contribution < -0.4 is 0 Å². The highest BCUT2D eigenvalue weighted by molar-refractivity contribution is 5.74. The van der Waals surface area contributed by atoms with Crippen molar-refractivity contribution in [3.8, 4) is 16.9 Å². The number of hydrogen-bond donors (Lipinski definition) is 0. The number of aromatic nitrogens is 3. The van der Waals surface area contributed by atoms with Gasteiger partial charge in [-0.25, -0.2) is 9.67 Å². The first-order chi connectivity index (χ1) is 10.2. The van der Waals surface area contributed by atoms with E-state index in [1.54, 1.807) is 60.5 Å². The fourth-order valence-electron chi connectivity index (χ4n) is 2.15. The molecule has 0 unspecified atom stereocenters. The van der Waals surface area contributed by atoms with Gasteiger partial charge in [-0.2, -0.15) is 5.10 Å². The fraction of sp³-hybridized carbons (Fsp3) is 0.0667. The Morgan fingerprint density at radius 3 is 2.81 bits per heavy atom. The minimum absolute atomic E-state index is 0.0612. The van der Waals surface area contributed by atoms with Gasteiger partial charge in [0.05, 0.1) is 10.5 Å². The molecule has 6 heteroatoms. The van der Waals surface area contributed by atoms with E-state index in [-0.39, 0.29) is 10.6 Å². The topological polar surface area (TPSA) is 73.8 Å². The average molecular weight is 279 g/mol.